The summed E-state index contributed by atoms with van der Waals surface area (Å²) in [4.78, 5) is 103. The van der Waals surface area contributed by atoms with Crippen molar-refractivity contribution in [3.8, 4) is 0 Å². The predicted octanol–water partition coefficient (Wildman–Crippen LogP) is 2.64. The Kier molecular flexibility index (Phi) is 26.6. The molecule has 0 saturated heterocycles. The lowest BCUT2D eigenvalue weighted by molar-refractivity contribution is -0.136. The quantitative estimate of drug-likeness (QED) is 0.0574. The molecule has 18 heteroatoms. The summed E-state index contributed by atoms with van der Waals surface area (Å²) in [6, 6.07) is -0.453. The van der Waals surface area contributed by atoms with Gasteiger partial charge >= 0.3 is 12.2 Å². The maximum Gasteiger partial charge on any atom is 0.407 e. The highest BCUT2D eigenvalue weighted by Crippen LogP contribution is 2.15. The van der Waals surface area contributed by atoms with E-state index < -0.39 is 35.3 Å². The van der Waals surface area contributed by atoms with E-state index in [0.717, 1.165) is 12.8 Å². The Labute approximate surface area is 345 Å². The highest BCUT2D eigenvalue weighted by molar-refractivity contribution is 5.82. The van der Waals surface area contributed by atoms with Gasteiger partial charge in [0.25, 0.3) is 0 Å². The fourth-order valence-electron chi connectivity index (χ4n) is 5.73. The second-order valence-electron chi connectivity index (χ2n) is 16.4. The Bertz CT molecular complexity index is 1220. The number of carbonyl (C=O) groups excluding carboxylic acids is 8. The molecule has 0 aromatic carbocycles. The molecule has 8 N–H and O–H groups in total. The van der Waals surface area contributed by atoms with Crippen LogP contribution in [-0.2, 0) is 38.2 Å². The molecule has 0 spiro atoms. The molecule has 0 unspecified atom stereocenters. The molecule has 7 amide bonds. The third kappa shape index (κ3) is 28.0. The van der Waals surface area contributed by atoms with Gasteiger partial charge in [-0.25, -0.2) is 9.59 Å². The number of carbonyl (C=O) groups is 8. The number of unbranched alkanes of at least 4 members (excludes halogenated alkanes) is 3. The third-order valence-electron chi connectivity index (χ3n) is 8.97. The zero-order valence-electron chi connectivity index (χ0n) is 36.4. The number of primary amides is 2. The summed E-state index contributed by atoms with van der Waals surface area (Å²) in [5.74, 6) is -2.01. The molecule has 0 radical (unpaired) electrons. The van der Waals surface area contributed by atoms with E-state index in [4.69, 9.17) is 20.9 Å². The summed E-state index contributed by atoms with van der Waals surface area (Å²) in [5, 5.41) is 10.8. The first-order valence-corrected chi connectivity index (χ1v) is 20.6. The Morgan fingerprint density at radius 3 is 1.52 bits per heavy atom. The molecule has 0 saturated carbocycles. The van der Waals surface area contributed by atoms with Gasteiger partial charge in [-0.05, 0) is 87.1 Å². The van der Waals surface area contributed by atoms with Crippen LogP contribution < -0.4 is 32.7 Å². The second-order valence-corrected chi connectivity index (χ2v) is 16.4. The minimum Gasteiger partial charge on any atom is -0.444 e. The molecule has 0 aliphatic rings. The Morgan fingerprint density at radius 2 is 1.07 bits per heavy atom. The van der Waals surface area contributed by atoms with Crippen LogP contribution in [0.3, 0.4) is 0 Å². The van der Waals surface area contributed by atoms with Crippen molar-refractivity contribution >= 4 is 47.5 Å². The van der Waals surface area contributed by atoms with E-state index in [1.807, 2.05) is 6.92 Å². The van der Waals surface area contributed by atoms with Gasteiger partial charge in [0, 0.05) is 83.8 Å². The van der Waals surface area contributed by atoms with Crippen molar-refractivity contribution < 1.29 is 47.8 Å². The van der Waals surface area contributed by atoms with Crippen molar-refractivity contribution in [2.24, 2.45) is 17.4 Å². The van der Waals surface area contributed by atoms with E-state index in [-0.39, 0.29) is 100 Å². The number of alkyl carbamates (subject to hydrolysis) is 2. The maximum absolute atomic E-state index is 13.5. The van der Waals surface area contributed by atoms with E-state index in [1.54, 1.807) is 48.6 Å². The lowest BCUT2D eigenvalue weighted by atomic mass is 9.97. The summed E-state index contributed by atoms with van der Waals surface area (Å²) in [6.07, 6.45) is 4.11. The Morgan fingerprint density at radius 1 is 0.569 bits per heavy atom. The number of nitrogens with one attached hydrogen (secondary N) is 4. The third-order valence-corrected chi connectivity index (χ3v) is 8.97. The minimum atomic E-state index is -0.728. The number of ketones is 1. The van der Waals surface area contributed by atoms with Crippen LogP contribution in [-0.4, -0.2) is 127 Å². The summed E-state index contributed by atoms with van der Waals surface area (Å²) in [6.45, 7) is 12.7. The Hall–Kier alpha value is -4.48. The average Bonchev–Trinajstić information content (AvgIpc) is 3.10. The largest absolute Gasteiger partial charge is 0.444 e. The van der Waals surface area contributed by atoms with E-state index in [1.165, 1.54) is 9.80 Å². The SMILES string of the molecule is CC[C@@H](CCCCCC(=O)CCN(CCN(CCC(=O)NCCCC[C@H](NC)C(N)=O)C(=O)CCNC(=O)OC(C)(C)C)C(=O)CCNC(=O)OC(C)(C)C)C(N)=O. The minimum absolute atomic E-state index is 0.0143. The fraction of sp³-hybridized carbons (Fsp3) is 0.800. The molecule has 0 fully saturated rings. The van der Waals surface area contributed by atoms with E-state index in [2.05, 4.69) is 21.3 Å². The zero-order valence-corrected chi connectivity index (χ0v) is 36.4. The van der Waals surface area contributed by atoms with Crippen molar-refractivity contribution in [2.45, 2.75) is 149 Å². The first-order chi connectivity index (χ1) is 27.1. The van der Waals surface area contributed by atoms with Gasteiger partial charge in [0.2, 0.25) is 29.5 Å². The molecular formula is C40H74N8O10. The van der Waals surface area contributed by atoms with Crippen molar-refractivity contribution in [1.82, 2.24) is 31.1 Å². The fourth-order valence-corrected chi connectivity index (χ4v) is 5.73. The topological polar surface area (TPSA) is 262 Å². The molecular weight excluding hydrogens is 752 g/mol. The smallest absolute Gasteiger partial charge is 0.407 e. The van der Waals surface area contributed by atoms with Crippen molar-refractivity contribution in [3.05, 3.63) is 0 Å². The molecule has 0 aromatic heterocycles. The number of likely N-dealkylation sites (N-methyl/N-ethyl adjacent to an activating group) is 1. The summed E-state index contributed by atoms with van der Waals surface area (Å²) in [5.41, 5.74) is 9.34. The van der Waals surface area contributed by atoms with Crippen LogP contribution in [0.1, 0.15) is 132 Å². The highest BCUT2D eigenvalue weighted by Gasteiger charge is 2.23. The lowest BCUT2D eigenvalue weighted by Gasteiger charge is -2.28. The van der Waals surface area contributed by atoms with Crippen LogP contribution in [0.4, 0.5) is 9.59 Å². The van der Waals surface area contributed by atoms with Gasteiger partial charge in [-0.3, -0.25) is 28.8 Å². The zero-order chi connectivity index (χ0) is 44.3. The van der Waals surface area contributed by atoms with Crippen LogP contribution in [0, 0.1) is 5.92 Å². The molecule has 0 aliphatic heterocycles. The van der Waals surface area contributed by atoms with E-state index in [9.17, 15) is 38.4 Å². The maximum atomic E-state index is 13.5. The first kappa shape index (κ1) is 53.5. The van der Waals surface area contributed by atoms with Crippen molar-refractivity contribution in [2.75, 3.05) is 52.9 Å². The molecule has 0 bridgehead atoms. The Balaban J connectivity index is 5.65. The van der Waals surface area contributed by atoms with Crippen LogP contribution >= 0.6 is 0 Å². The summed E-state index contributed by atoms with van der Waals surface area (Å²) in [7, 11) is 1.65. The molecule has 0 rings (SSSR count). The van der Waals surface area contributed by atoms with Crippen LogP contribution in [0.5, 0.6) is 0 Å². The second kappa shape index (κ2) is 28.8. The normalized spacial score (nSPS) is 12.4. The molecule has 0 aromatic rings. The number of hydrogen-bond acceptors (Lipinski definition) is 11. The molecule has 18 nitrogen and oxygen atoms in total. The number of ether oxygens (including phenoxy) is 2. The van der Waals surface area contributed by atoms with E-state index >= 15 is 0 Å². The number of rotatable bonds is 30. The molecule has 58 heavy (non-hydrogen) atoms. The number of hydrogen-bond donors (Lipinski definition) is 6. The van der Waals surface area contributed by atoms with Gasteiger partial charge in [0.1, 0.15) is 17.0 Å². The van der Waals surface area contributed by atoms with Gasteiger partial charge in [-0.15, -0.1) is 0 Å². The standard InChI is InChI=1S/C40H74N8O10/c1-9-29(35(41)53)15-11-10-12-16-30(49)20-25-47(33(51)18-23-45-37(55)57-39(2,3)4)27-28-48(34(52)19-24-46-38(56)58-40(5,6)7)26-21-32(50)44-22-14-13-17-31(43-8)36(42)54/h29,31,43H,9-28H2,1-8H3,(H2,41,53)(H2,42,54)(H,44,50)(H,45,55)(H,46,56)/t29-,31-/m0/s1. The monoisotopic (exact) mass is 827 g/mol. The number of nitrogens with zero attached hydrogens (tertiary/aromatic N) is 2. The first-order valence-electron chi connectivity index (χ1n) is 20.6. The van der Waals surface area contributed by atoms with Gasteiger partial charge in [-0.1, -0.05) is 19.8 Å². The van der Waals surface area contributed by atoms with Crippen LogP contribution in [0.2, 0.25) is 0 Å². The van der Waals surface area contributed by atoms with Crippen molar-refractivity contribution in [1.29, 1.82) is 0 Å². The van der Waals surface area contributed by atoms with Gasteiger partial charge in [-0.2, -0.15) is 0 Å². The average molecular weight is 827 g/mol. The molecule has 2 atom stereocenters. The lowest BCUT2D eigenvalue weighted by Crippen LogP contribution is -2.44. The number of amides is 7. The van der Waals surface area contributed by atoms with Gasteiger partial charge in [0.05, 0.1) is 6.04 Å². The molecule has 334 valence electrons. The summed E-state index contributed by atoms with van der Waals surface area (Å²) < 4.78 is 10.5. The van der Waals surface area contributed by atoms with Crippen molar-refractivity contribution in [3.63, 3.8) is 0 Å². The van der Waals surface area contributed by atoms with Gasteiger partial charge < -0.3 is 52.0 Å². The number of nitrogens with two attached hydrogens (primary N) is 2. The predicted molar refractivity (Wildman–Crippen MR) is 220 cm³/mol. The summed E-state index contributed by atoms with van der Waals surface area (Å²) >= 11 is 0. The van der Waals surface area contributed by atoms with Crippen LogP contribution in [0.15, 0.2) is 0 Å². The van der Waals surface area contributed by atoms with Crippen LogP contribution in [0.25, 0.3) is 0 Å². The molecule has 0 heterocycles. The van der Waals surface area contributed by atoms with E-state index in [0.29, 0.717) is 51.5 Å². The highest BCUT2D eigenvalue weighted by atomic mass is 16.6. The molecule has 0 aliphatic carbocycles. The number of Topliss-reactive ketones (excluding diaryl/α,β-unsaturated/α-hetero) is 1. The van der Waals surface area contributed by atoms with Gasteiger partial charge in [0.15, 0.2) is 0 Å².